The molecule has 1 aliphatic rings. The van der Waals surface area contributed by atoms with E-state index < -0.39 is 0 Å². The van der Waals surface area contributed by atoms with Crippen molar-refractivity contribution in [2.24, 2.45) is 0 Å². The van der Waals surface area contributed by atoms with Gasteiger partial charge in [-0.3, -0.25) is 4.79 Å². The van der Waals surface area contributed by atoms with Crippen molar-refractivity contribution in [2.45, 2.75) is 6.42 Å². The molecule has 0 radical (unpaired) electrons. The van der Waals surface area contributed by atoms with Crippen molar-refractivity contribution in [3.8, 4) is 0 Å². The molecule has 2 aromatic rings. The van der Waals surface area contributed by atoms with Crippen LogP contribution < -0.4 is 4.90 Å². The minimum absolute atomic E-state index is 0.179. The van der Waals surface area contributed by atoms with E-state index in [9.17, 15) is 4.79 Å². The Labute approximate surface area is 117 Å². The first kappa shape index (κ1) is 12.7. The van der Waals surface area contributed by atoms with Crippen LogP contribution >= 0.6 is 0 Å². The van der Waals surface area contributed by atoms with E-state index in [1.807, 2.05) is 23.4 Å². The molecule has 0 unspecified atom stereocenters. The highest BCUT2D eigenvalue weighted by molar-refractivity contribution is 5.79. The summed E-state index contributed by atoms with van der Waals surface area (Å²) in [4.78, 5) is 27.6. The van der Waals surface area contributed by atoms with Gasteiger partial charge in [-0.25, -0.2) is 9.97 Å². The Bertz CT molecular complexity index is 546. The number of anilines is 1. The third-order valence-electron chi connectivity index (χ3n) is 3.49. The molecule has 104 valence electrons. The molecule has 0 spiro atoms. The molecule has 2 aromatic heterocycles. The van der Waals surface area contributed by atoms with E-state index in [0.717, 1.165) is 37.7 Å². The molecule has 6 heteroatoms. The van der Waals surface area contributed by atoms with Crippen LogP contribution in [-0.2, 0) is 11.2 Å². The monoisotopic (exact) mass is 271 g/mol. The van der Waals surface area contributed by atoms with Crippen LogP contribution in [-0.4, -0.2) is 51.9 Å². The Morgan fingerprint density at radius 3 is 2.60 bits per heavy atom. The molecule has 1 saturated heterocycles. The van der Waals surface area contributed by atoms with E-state index in [-0.39, 0.29) is 5.91 Å². The standard InChI is InChI=1S/C14H17N5O/c20-13(10-12-2-5-15-11-12)18-6-8-19(9-7-18)14-16-3-1-4-17-14/h1-5,11,15H,6-10H2. The van der Waals surface area contributed by atoms with Crippen molar-refractivity contribution in [1.82, 2.24) is 19.9 Å². The van der Waals surface area contributed by atoms with Gasteiger partial charge in [0.15, 0.2) is 0 Å². The lowest BCUT2D eigenvalue weighted by Crippen LogP contribution is -2.49. The van der Waals surface area contributed by atoms with Gasteiger partial charge in [-0.15, -0.1) is 0 Å². The summed E-state index contributed by atoms with van der Waals surface area (Å²) in [6.45, 7) is 3.01. The topological polar surface area (TPSA) is 65.1 Å². The molecule has 0 bridgehead atoms. The van der Waals surface area contributed by atoms with Gasteiger partial charge in [-0.05, 0) is 17.7 Å². The second kappa shape index (κ2) is 5.73. The van der Waals surface area contributed by atoms with Gasteiger partial charge < -0.3 is 14.8 Å². The Hall–Kier alpha value is -2.37. The SMILES string of the molecule is O=C(Cc1cc[nH]c1)N1CCN(c2ncccn2)CC1. The summed E-state index contributed by atoms with van der Waals surface area (Å²) < 4.78 is 0. The van der Waals surface area contributed by atoms with Crippen molar-refractivity contribution >= 4 is 11.9 Å². The number of amides is 1. The van der Waals surface area contributed by atoms with Gasteiger partial charge in [0.1, 0.15) is 0 Å². The van der Waals surface area contributed by atoms with Crippen LogP contribution in [0, 0.1) is 0 Å². The zero-order valence-corrected chi connectivity index (χ0v) is 11.2. The van der Waals surface area contributed by atoms with E-state index in [0.29, 0.717) is 6.42 Å². The van der Waals surface area contributed by atoms with Gasteiger partial charge in [0, 0.05) is 51.0 Å². The van der Waals surface area contributed by atoms with Crippen LogP contribution in [0.2, 0.25) is 0 Å². The normalized spacial score (nSPS) is 15.4. The van der Waals surface area contributed by atoms with Gasteiger partial charge in [0.25, 0.3) is 0 Å². The molecular formula is C14H17N5O. The number of aromatic nitrogens is 3. The molecule has 0 atom stereocenters. The van der Waals surface area contributed by atoms with E-state index in [4.69, 9.17) is 0 Å². The zero-order chi connectivity index (χ0) is 13.8. The average Bonchev–Trinajstić information content (AvgIpc) is 3.01. The average molecular weight is 271 g/mol. The maximum Gasteiger partial charge on any atom is 0.227 e. The fraction of sp³-hybridized carbons (Fsp3) is 0.357. The molecule has 0 aromatic carbocycles. The third-order valence-corrected chi connectivity index (χ3v) is 3.49. The number of carbonyl (C=O) groups excluding carboxylic acids is 1. The van der Waals surface area contributed by atoms with E-state index in [1.54, 1.807) is 18.5 Å². The second-order valence-corrected chi connectivity index (χ2v) is 4.81. The van der Waals surface area contributed by atoms with Crippen molar-refractivity contribution in [1.29, 1.82) is 0 Å². The Kier molecular flexibility index (Phi) is 3.62. The van der Waals surface area contributed by atoms with E-state index in [1.165, 1.54) is 0 Å². The highest BCUT2D eigenvalue weighted by atomic mass is 16.2. The highest BCUT2D eigenvalue weighted by Gasteiger charge is 2.22. The summed E-state index contributed by atoms with van der Waals surface area (Å²) in [5.74, 6) is 0.920. The van der Waals surface area contributed by atoms with Crippen LogP contribution in [0.4, 0.5) is 5.95 Å². The molecule has 1 amide bonds. The second-order valence-electron chi connectivity index (χ2n) is 4.81. The van der Waals surface area contributed by atoms with Gasteiger partial charge in [0.2, 0.25) is 11.9 Å². The predicted molar refractivity (Wildman–Crippen MR) is 75.3 cm³/mol. The Morgan fingerprint density at radius 1 is 1.20 bits per heavy atom. The Balaban J connectivity index is 1.54. The van der Waals surface area contributed by atoms with Crippen molar-refractivity contribution in [3.05, 3.63) is 42.5 Å². The van der Waals surface area contributed by atoms with Crippen LogP contribution in [0.1, 0.15) is 5.56 Å². The molecule has 20 heavy (non-hydrogen) atoms. The van der Waals surface area contributed by atoms with Gasteiger partial charge in [-0.1, -0.05) is 0 Å². The highest BCUT2D eigenvalue weighted by Crippen LogP contribution is 2.11. The van der Waals surface area contributed by atoms with Crippen LogP contribution in [0.25, 0.3) is 0 Å². The van der Waals surface area contributed by atoms with E-state index in [2.05, 4.69) is 19.9 Å². The molecule has 1 aliphatic heterocycles. The van der Waals surface area contributed by atoms with Gasteiger partial charge in [0.05, 0.1) is 6.42 Å². The number of hydrogen-bond donors (Lipinski definition) is 1. The summed E-state index contributed by atoms with van der Waals surface area (Å²) in [5.41, 5.74) is 1.03. The lowest BCUT2D eigenvalue weighted by molar-refractivity contribution is -0.130. The summed E-state index contributed by atoms with van der Waals surface area (Å²) in [7, 11) is 0. The lowest BCUT2D eigenvalue weighted by Gasteiger charge is -2.34. The first-order valence-corrected chi connectivity index (χ1v) is 6.74. The molecule has 3 heterocycles. The summed E-state index contributed by atoms with van der Waals surface area (Å²) in [6, 6.07) is 3.74. The van der Waals surface area contributed by atoms with Crippen molar-refractivity contribution in [2.75, 3.05) is 31.1 Å². The quantitative estimate of drug-likeness (QED) is 0.892. The summed E-state index contributed by atoms with van der Waals surface area (Å²) in [5, 5.41) is 0. The maximum absolute atomic E-state index is 12.2. The van der Waals surface area contributed by atoms with Crippen molar-refractivity contribution < 1.29 is 4.79 Å². The van der Waals surface area contributed by atoms with Crippen LogP contribution in [0.3, 0.4) is 0 Å². The van der Waals surface area contributed by atoms with Gasteiger partial charge in [-0.2, -0.15) is 0 Å². The smallest absolute Gasteiger partial charge is 0.227 e. The number of hydrogen-bond acceptors (Lipinski definition) is 4. The number of piperazine rings is 1. The molecule has 3 rings (SSSR count). The van der Waals surface area contributed by atoms with Crippen LogP contribution in [0.5, 0.6) is 0 Å². The number of aromatic amines is 1. The summed E-state index contributed by atoms with van der Waals surface area (Å²) >= 11 is 0. The third kappa shape index (κ3) is 2.79. The molecule has 0 aliphatic carbocycles. The van der Waals surface area contributed by atoms with Gasteiger partial charge >= 0.3 is 0 Å². The van der Waals surface area contributed by atoms with E-state index >= 15 is 0 Å². The molecular weight excluding hydrogens is 254 g/mol. The predicted octanol–water partition coefficient (Wildman–Crippen LogP) is 0.696. The minimum Gasteiger partial charge on any atom is -0.367 e. The fourth-order valence-electron chi connectivity index (χ4n) is 2.37. The lowest BCUT2D eigenvalue weighted by atomic mass is 10.2. The number of carbonyl (C=O) groups is 1. The minimum atomic E-state index is 0.179. The number of H-pyrrole nitrogens is 1. The molecule has 1 N–H and O–H groups in total. The number of nitrogens with one attached hydrogen (secondary N) is 1. The summed E-state index contributed by atoms with van der Waals surface area (Å²) in [6.07, 6.45) is 7.65. The largest absolute Gasteiger partial charge is 0.367 e. The number of nitrogens with zero attached hydrogens (tertiary/aromatic N) is 4. The zero-order valence-electron chi connectivity index (χ0n) is 11.2. The number of rotatable bonds is 3. The molecule has 1 fully saturated rings. The van der Waals surface area contributed by atoms with Crippen LogP contribution in [0.15, 0.2) is 36.9 Å². The molecule has 6 nitrogen and oxygen atoms in total. The fourth-order valence-corrected chi connectivity index (χ4v) is 2.37. The first-order valence-electron chi connectivity index (χ1n) is 6.74. The Morgan fingerprint density at radius 2 is 1.95 bits per heavy atom. The molecule has 0 saturated carbocycles. The first-order chi connectivity index (χ1) is 9.83. The van der Waals surface area contributed by atoms with Crippen molar-refractivity contribution in [3.63, 3.8) is 0 Å². The maximum atomic E-state index is 12.2.